The van der Waals surface area contributed by atoms with Crippen molar-refractivity contribution in [2.75, 3.05) is 6.16 Å². The lowest BCUT2D eigenvalue weighted by atomic mass is 9.82. The summed E-state index contributed by atoms with van der Waals surface area (Å²) in [6, 6.07) is 14.1. The maximum Gasteiger partial charge on any atom is -0.0107 e. The Morgan fingerprint density at radius 1 is 0.720 bits per heavy atom. The zero-order valence-corrected chi connectivity index (χ0v) is 18.1. The molecule has 0 aliphatic carbocycles. The second-order valence-electron chi connectivity index (χ2n) is 8.00. The SMILES string of the molecule is CCCPc1ccccc1-c1cc(C(C)C)c(C(C)C)cc1C(C)C. The Morgan fingerprint density at radius 2 is 1.28 bits per heavy atom. The lowest BCUT2D eigenvalue weighted by Crippen LogP contribution is -2.07. The topological polar surface area (TPSA) is 0 Å². The van der Waals surface area contributed by atoms with Gasteiger partial charge in [-0.25, -0.2) is 0 Å². The Labute approximate surface area is 157 Å². The molecule has 1 unspecified atom stereocenters. The van der Waals surface area contributed by atoms with E-state index in [9.17, 15) is 0 Å². The van der Waals surface area contributed by atoms with Gasteiger partial charge in [-0.05, 0) is 57.0 Å². The molecule has 2 rings (SSSR count). The van der Waals surface area contributed by atoms with Crippen LogP contribution in [-0.4, -0.2) is 6.16 Å². The van der Waals surface area contributed by atoms with Gasteiger partial charge in [0, 0.05) is 0 Å². The van der Waals surface area contributed by atoms with Gasteiger partial charge < -0.3 is 0 Å². The van der Waals surface area contributed by atoms with Crippen LogP contribution in [0.4, 0.5) is 0 Å². The van der Waals surface area contributed by atoms with Crippen molar-refractivity contribution in [2.45, 2.75) is 72.6 Å². The summed E-state index contributed by atoms with van der Waals surface area (Å²) in [5, 5.41) is 1.53. The van der Waals surface area contributed by atoms with Crippen LogP contribution in [-0.2, 0) is 0 Å². The minimum absolute atomic E-state index is 0.538. The van der Waals surface area contributed by atoms with Crippen LogP contribution >= 0.6 is 8.58 Å². The maximum atomic E-state index is 2.50. The van der Waals surface area contributed by atoms with Crippen molar-refractivity contribution in [3.05, 3.63) is 53.1 Å². The minimum Gasteiger partial charge on any atom is -0.0897 e. The second-order valence-corrected chi connectivity index (χ2v) is 9.40. The fourth-order valence-corrected chi connectivity index (χ4v) is 4.64. The zero-order valence-electron chi connectivity index (χ0n) is 17.1. The fourth-order valence-electron chi connectivity index (χ4n) is 3.49. The molecule has 25 heavy (non-hydrogen) atoms. The Hall–Kier alpha value is -1.13. The summed E-state index contributed by atoms with van der Waals surface area (Å²) in [6.45, 7) is 16.2. The number of rotatable bonds is 7. The highest BCUT2D eigenvalue weighted by Crippen LogP contribution is 2.37. The molecule has 2 aromatic rings. The van der Waals surface area contributed by atoms with E-state index in [4.69, 9.17) is 0 Å². The van der Waals surface area contributed by atoms with Crippen LogP contribution in [0.5, 0.6) is 0 Å². The molecule has 0 spiro atoms. The zero-order chi connectivity index (χ0) is 18.6. The molecule has 0 aliphatic rings. The van der Waals surface area contributed by atoms with E-state index in [1.54, 1.807) is 0 Å². The summed E-state index contributed by atoms with van der Waals surface area (Å²) >= 11 is 0. The largest absolute Gasteiger partial charge is 0.0897 e. The molecule has 0 saturated carbocycles. The normalized spacial score (nSPS) is 12.2. The van der Waals surface area contributed by atoms with E-state index in [0.29, 0.717) is 17.8 Å². The summed E-state index contributed by atoms with van der Waals surface area (Å²) in [5.41, 5.74) is 7.46. The molecular weight excluding hydrogens is 319 g/mol. The van der Waals surface area contributed by atoms with Gasteiger partial charge in [-0.15, -0.1) is 0 Å². The Bertz CT molecular complexity index is 695. The Balaban J connectivity index is 2.70. The molecule has 136 valence electrons. The molecule has 1 atom stereocenters. The van der Waals surface area contributed by atoms with Gasteiger partial charge >= 0.3 is 0 Å². The monoisotopic (exact) mass is 354 g/mol. The average molecular weight is 355 g/mol. The quantitative estimate of drug-likeness (QED) is 0.453. The van der Waals surface area contributed by atoms with Gasteiger partial charge in [0.25, 0.3) is 0 Å². The highest BCUT2D eigenvalue weighted by atomic mass is 31.1. The highest BCUT2D eigenvalue weighted by molar-refractivity contribution is 7.47. The molecule has 1 heteroatoms. The summed E-state index contributed by atoms with van der Waals surface area (Å²) in [7, 11) is 0.903. The fraction of sp³-hybridized carbons (Fsp3) is 0.500. The molecule has 0 N–H and O–H groups in total. The standard InChI is InChI=1S/C24H35P/c1-8-13-25-24-12-10-9-11-19(24)23-15-21(17(4)5)20(16(2)3)14-22(23)18(6)7/h9-12,14-18,25H,8,13H2,1-7H3. The van der Waals surface area contributed by atoms with Crippen LogP contribution in [0, 0.1) is 0 Å². The van der Waals surface area contributed by atoms with E-state index in [2.05, 4.69) is 84.9 Å². The molecular formula is C24H35P. The van der Waals surface area contributed by atoms with Crippen LogP contribution in [0.15, 0.2) is 36.4 Å². The molecule has 0 aromatic heterocycles. The lowest BCUT2D eigenvalue weighted by molar-refractivity contribution is 0.779. The van der Waals surface area contributed by atoms with E-state index in [0.717, 1.165) is 8.58 Å². The third-order valence-corrected chi connectivity index (χ3v) is 6.47. The maximum absolute atomic E-state index is 2.50. The smallest absolute Gasteiger partial charge is 0.0107 e. The van der Waals surface area contributed by atoms with Crippen molar-refractivity contribution in [1.29, 1.82) is 0 Å². The molecule has 0 saturated heterocycles. The predicted octanol–water partition coefficient (Wildman–Crippen LogP) is 7.44. The summed E-state index contributed by atoms with van der Waals surface area (Å²) in [5.74, 6) is 1.67. The van der Waals surface area contributed by atoms with Gasteiger partial charge in [-0.2, -0.15) is 0 Å². The Morgan fingerprint density at radius 3 is 1.84 bits per heavy atom. The first-order chi connectivity index (χ1) is 11.9. The van der Waals surface area contributed by atoms with Gasteiger partial charge in [0.1, 0.15) is 0 Å². The molecule has 0 fully saturated rings. The summed E-state index contributed by atoms with van der Waals surface area (Å²) < 4.78 is 0. The van der Waals surface area contributed by atoms with Crippen molar-refractivity contribution < 1.29 is 0 Å². The molecule has 0 bridgehead atoms. The first kappa shape index (κ1) is 20.2. The molecule has 0 radical (unpaired) electrons. The van der Waals surface area contributed by atoms with Crippen molar-refractivity contribution in [1.82, 2.24) is 0 Å². The van der Waals surface area contributed by atoms with E-state index in [-0.39, 0.29) is 0 Å². The molecule has 0 aliphatic heterocycles. The minimum atomic E-state index is 0.538. The van der Waals surface area contributed by atoms with Crippen LogP contribution in [0.3, 0.4) is 0 Å². The van der Waals surface area contributed by atoms with E-state index in [1.807, 2.05) is 0 Å². The van der Waals surface area contributed by atoms with Crippen molar-refractivity contribution in [3.63, 3.8) is 0 Å². The Kier molecular flexibility index (Phi) is 7.26. The number of hydrogen-bond donors (Lipinski definition) is 0. The van der Waals surface area contributed by atoms with Gasteiger partial charge in [0.15, 0.2) is 0 Å². The van der Waals surface area contributed by atoms with Crippen molar-refractivity contribution in [2.24, 2.45) is 0 Å². The average Bonchev–Trinajstić information content (AvgIpc) is 2.58. The highest BCUT2D eigenvalue weighted by Gasteiger charge is 2.18. The predicted molar refractivity (Wildman–Crippen MR) is 117 cm³/mol. The number of benzene rings is 2. The van der Waals surface area contributed by atoms with Crippen LogP contribution in [0.2, 0.25) is 0 Å². The summed E-state index contributed by atoms with van der Waals surface area (Å²) in [4.78, 5) is 0. The third-order valence-electron chi connectivity index (χ3n) is 4.90. The van der Waals surface area contributed by atoms with Gasteiger partial charge in [-0.3, -0.25) is 0 Å². The van der Waals surface area contributed by atoms with Crippen molar-refractivity contribution in [3.8, 4) is 11.1 Å². The van der Waals surface area contributed by atoms with Crippen LogP contribution in [0.1, 0.15) is 89.3 Å². The van der Waals surface area contributed by atoms with Crippen molar-refractivity contribution >= 4 is 13.9 Å². The van der Waals surface area contributed by atoms with Gasteiger partial charge in [0.05, 0.1) is 0 Å². The first-order valence-corrected chi connectivity index (χ1v) is 11.1. The molecule has 0 amide bonds. The van der Waals surface area contributed by atoms with E-state index < -0.39 is 0 Å². The van der Waals surface area contributed by atoms with Gasteiger partial charge in [0.2, 0.25) is 0 Å². The first-order valence-electron chi connectivity index (χ1n) is 9.87. The molecule has 0 heterocycles. The summed E-state index contributed by atoms with van der Waals surface area (Å²) in [6.07, 6.45) is 2.54. The van der Waals surface area contributed by atoms with E-state index >= 15 is 0 Å². The second kappa shape index (κ2) is 9.00. The number of hydrogen-bond acceptors (Lipinski definition) is 0. The lowest BCUT2D eigenvalue weighted by Gasteiger charge is -2.24. The molecule has 0 nitrogen and oxygen atoms in total. The van der Waals surface area contributed by atoms with Crippen LogP contribution in [0.25, 0.3) is 11.1 Å². The molecule has 2 aromatic carbocycles. The van der Waals surface area contributed by atoms with Crippen LogP contribution < -0.4 is 5.30 Å². The van der Waals surface area contributed by atoms with Gasteiger partial charge in [-0.1, -0.05) is 99.9 Å². The third kappa shape index (κ3) is 4.73. The van der Waals surface area contributed by atoms with E-state index in [1.165, 1.54) is 45.7 Å².